The van der Waals surface area contributed by atoms with Gasteiger partial charge in [-0.2, -0.15) is 0 Å². The molecule has 1 aliphatic heterocycles. The van der Waals surface area contributed by atoms with E-state index in [1.807, 2.05) is 0 Å². The lowest BCUT2D eigenvalue weighted by Gasteiger charge is -2.09. The zero-order valence-electron chi connectivity index (χ0n) is 9.37. The number of phenolic OH excluding ortho intramolecular Hbond substituents is 1. The highest BCUT2D eigenvalue weighted by Gasteiger charge is 2.18. The molecule has 1 heterocycles. The van der Waals surface area contributed by atoms with Crippen LogP contribution in [-0.2, 0) is 4.79 Å². The van der Waals surface area contributed by atoms with Crippen molar-refractivity contribution in [1.82, 2.24) is 5.32 Å². The van der Waals surface area contributed by atoms with Gasteiger partial charge in [-0.25, -0.2) is 4.39 Å². The Morgan fingerprint density at radius 2 is 2.41 bits per heavy atom. The molecule has 2 rings (SSSR count). The number of benzene rings is 1. The summed E-state index contributed by atoms with van der Waals surface area (Å²) >= 11 is 0. The number of carbonyl (C=O) groups excluding carboxylic acids is 1. The monoisotopic (exact) mass is 238 g/mol. The molecule has 1 atom stereocenters. The van der Waals surface area contributed by atoms with Crippen molar-refractivity contribution in [3.63, 3.8) is 0 Å². The van der Waals surface area contributed by atoms with Gasteiger partial charge >= 0.3 is 0 Å². The molecule has 1 saturated heterocycles. The van der Waals surface area contributed by atoms with Crippen LogP contribution in [0.15, 0.2) is 18.2 Å². The SMILES string of the molecule is O=C(CC1CCNC1)Nc1ccc(O)c(F)c1. The molecule has 4 nitrogen and oxygen atoms in total. The van der Waals surface area contributed by atoms with Crippen LogP contribution in [0.5, 0.6) is 5.75 Å². The van der Waals surface area contributed by atoms with E-state index < -0.39 is 11.6 Å². The third-order valence-electron chi connectivity index (χ3n) is 2.87. The minimum Gasteiger partial charge on any atom is -0.505 e. The van der Waals surface area contributed by atoms with Crippen LogP contribution in [0.2, 0.25) is 0 Å². The summed E-state index contributed by atoms with van der Waals surface area (Å²) in [5, 5.41) is 14.8. The number of nitrogens with one attached hydrogen (secondary N) is 2. The molecule has 5 heteroatoms. The van der Waals surface area contributed by atoms with Gasteiger partial charge < -0.3 is 15.7 Å². The van der Waals surface area contributed by atoms with Crippen LogP contribution in [0, 0.1) is 11.7 Å². The molecule has 0 spiro atoms. The molecule has 1 unspecified atom stereocenters. The normalized spacial score (nSPS) is 19.2. The van der Waals surface area contributed by atoms with E-state index in [0.29, 0.717) is 18.0 Å². The molecule has 0 aromatic heterocycles. The number of hydrogen-bond donors (Lipinski definition) is 3. The molecule has 1 fully saturated rings. The number of hydrogen-bond acceptors (Lipinski definition) is 3. The Morgan fingerprint density at radius 3 is 3.06 bits per heavy atom. The Hall–Kier alpha value is -1.62. The number of aromatic hydroxyl groups is 1. The number of phenols is 1. The predicted octanol–water partition coefficient (Wildman–Crippen LogP) is 1.47. The second-order valence-corrected chi connectivity index (χ2v) is 4.28. The van der Waals surface area contributed by atoms with Crippen molar-refractivity contribution < 1.29 is 14.3 Å². The lowest BCUT2D eigenvalue weighted by Crippen LogP contribution is -2.18. The van der Waals surface area contributed by atoms with Gasteiger partial charge in [0.25, 0.3) is 0 Å². The summed E-state index contributed by atoms with van der Waals surface area (Å²) in [5.41, 5.74) is 0.372. The van der Waals surface area contributed by atoms with Crippen LogP contribution < -0.4 is 10.6 Å². The Labute approximate surface area is 98.8 Å². The number of halogens is 1. The number of amides is 1. The van der Waals surface area contributed by atoms with Gasteiger partial charge in [0.05, 0.1) is 0 Å². The average molecular weight is 238 g/mol. The Bertz CT molecular complexity index is 417. The van der Waals surface area contributed by atoms with Gasteiger partial charge in [0.2, 0.25) is 5.91 Å². The number of carbonyl (C=O) groups is 1. The molecular weight excluding hydrogens is 223 g/mol. The highest BCUT2D eigenvalue weighted by Crippen LogP contribution is 2.20. The lowest BCUT2D eigenvalue weighted by molar-refractivity contribution is -0.116. The smallest absolute Gasteiger partial charge is 0.224 e. The summed E-state index contributed by atoms with van der Waals surface area (Å²) in [4.78, 5) is 11.6. The number of rotatable bonds is 3. The first-order chi connectivity index (χ1) is 8.15. The van der Waals surface area contributed by atoms with E-state index >= 15 is 0 Å². The van der Waals surface area contributed by atoms with Gasteiger partial charge in [-0.05, 0) is 37.6 Å². The zero-order chi connectivity index (χ0) is 12.3. The Balaban J connectivity index is 1.90. The molecule has 1 aromatic carbocycles. The number of anilines is 1. The third-order valence-corrected chi connectivity index (χ3v) is 2.87. The maximum atomic E-state index is 13.0. The van der Waals surface area contributed by atoms with Crippen molar-refractivity contribution in [2.24, 2.45) is 5.92 Å². The molecule has 1 aromatic rings. The maximum Gasteiger partial charge on any atom is 0.224 e. The molecule has 0 bridgehead atoms. The molecule has 0 saturated carbocycles. The highest BCUT2D eigenvalue weighted by atomic mass is 19.1. The van der Waals surface area contributed by atoms with Gasteiger partial charge in [-0.3, -0.25) is 4.79 Å². The van der Waals surface area contributed by atoms with E-state index in [2.05, 4.69) is 10.6 Å². The summed E-state index contributed by atoms with van der Waals surface area (Å²) in [7, 11) is 0. The molecular formula is C12H15FN2O2. The maximum absolute atomic E-state index is 13.0. The molecule has 1 amide bonds. The first kappa shape index (κ1) is 11.9. The van der Waals surface area contributed by atoms with Crippen molar-refractivity contribution >= 4 is 11.6 Å². The molecule has 1 aliphatic rings. The third kappa shape index (κ3) is 3.17. The second kappa shape index (κ2) is 5.14. The first-order valence-corrected chi connectivity index (χ1v) is 5.64. The quantitative estimate of drug-likeness (QED) is 0.699. The van der Waals surface area contributed by atoms with Gasteiger partial charge in [0.15, 0.2) is 11.6 Å². The van der Waals surface area contributed by atoms with Crippen LogP contribution in [0.4, 0.5) is 10.1 Å². The largest absolute Gasteiger partial charge is 0.505 e. The molecule has 17 heavy (non-hydrogen) atoms. The summed E-state index contributed by atoms with van der Waals surface area (Å²) < 4.78 is 13.0. The van der Waals surface area contributed by atoms with Crippen LogP contribution in [0.3, 0.4) is 0 Å². The van der Waals surface area contributed by atoms with Crippen molar-refractivity contribution in [1.29, 1.82) is 0 Å². The van der Waals surface area contributed by atoms with Crippen molar-refractivity contribution in [2.45, 2.75) is 12.8 Å². The molecule has 92 valence electrons. The summed E-state index contributed by atoms with van der Waals surface area (Å²) in [6, 6.07) is 3.81. The van der Waals surface area contributed by atoms with E-state index in [1.165, 1.54) is 12.1 Å². The zero-order valence-corrected chi connectivity index (χ0v) is 9.37. The molecule has 0 radical (unpaired) electrons. The van der Waals surface area contributed by atoms with Crippen molar-refractivity contribution in [3.05, 3.63) is 24.0 Å². The summed E-state index contributed by atoms with van der Waals surface area (Å²) in [6.45, 7) is 1.81. The fourth-order valence-corrected chi connectivity index (χ4v) is 1.95. The topological polar surface area (TPSA) is 61.4 Å². The van der Waals surface area contributed by atoms with E-state index in [0.717, 1.165) is 25.6 Å². The minimum atomic E-state index is -0.731. The van der Waals surface area contributed by atoms with Gasteiger partial charge in [-0.1, -0.05) is 0 Å². The summed E-state index contributed by atoms with van der Waals surface area (Å²) in [5.74, 6) is -0.908. The van der Waals surface area contributed by atoms with Crippen LogP contribution in [0.1, 0.15) is 12.8 Å². The fourth-order valence-electron chi connectivity index (χ4n) is 1.95. The van der Waals surface area contributed by atoms with Gasteiger partial charge in [0, 0.05) is 18.2 Å². The lowest BCUT2D eigenvalue weighted by atomic mass is 10.0. The van der Waals surface area contributed by atoms with E-state index in [-0.39, 0.29) is 5.91 Å². The highest BCUT2D eigenvalue weighted by molar-refractivity contribution is 5.90. The molecule has 0 aliphatic carbocycles. The van der Waals surface area contributed by atoms with E-state index in [1.54, 1.807) is 0 Å². The van der Waals surface area contributed by atoms with Crippen LogP contribution >= 0.6 is 0 Å². The van der Waals surface area contributed by atoms with Crippen molar-refractivity contribution in [3.8, 4) is 5.75 Å². The van der Waals surface area contributed by atoms with Gasteiger partial charge in [-0.15, -0.1) is 0 Å². The van der Waals surface area contributed by atoms with E-state index in [9.17, 15) is 9.18 Å². The van der Waals surface area contributed by atoms with E-state index in [4.69, 9.17) is 5.11 Å². The Kier molecular flexibility index (Phi) is 3.58. The summed E-state index contributed by atoms with van der Waals surface area (Å²) in [6.07, 6.45) is 1.44. The minimum absolute atomic E-state index is 0.121. The average Bonchev–Trinajstić information content (AvgIpc) is 2.76. The van der Waals surface area contributed by atoms with Crippen molar-refractivity contribution in [2.75, 3.05) is 18.4 Å². The fraction of sp³-hybridized carbons (Fsp3) is 0.417. The van der Waals surface area contributed by atoms with Gasteiger partial charge in [0.1, 0.15) is 0 Å². The predicted molar refractivity (Wildman–Crippen MR) is 62.3 cm³/mol. The standard InChI is InChI=1S/C12H15FN2O2/c13-10-6-9(1-2-11(10)16)15-12(17)5-8-3-4-14-7-8/h1-2,6,8,14,16H,3-5,7H2,(H,15,17). The first-order valence-electron chi connectivity index (χ1n) is 5.64. The molecule has 3 N–H and O–H groups in total. The Morgan fingerprint density at radius 1 is 1.59 bits per heavy atom. The van der Waals surface area contributed by atoms with Crippen LogP contribution in [0.25, 0.3) is 0 Å². The second-order valence-electron chi connectivity index (χ2n) is 4.28. The van der Waals surface area contributed by atoms with Crippen LogP contribution in [-0.4, -0.2) is 24.1 Å².